The number of hydrogen-bond donors (Lipinski definition) is 1. The number of furan rings is 1. The Labute approximate surface area is 157 Å². The van der Waals surface area contributed by atoms with Crippen LogP contribution in [0.4, 0.5) is 5.82 Å². The van der Waals surface area contributed by atoms with Crippen molar-refractivity contribution in [2.75, 3.05) is 18.0 Å². The van der Waals surface area contributed by atoms with Gasteiger partial charge < -0.3 is 14.6 Å². The number of hydrogen-bond acceptors (Lipinski definition) is 6. The quantitative estimate of drug-likeness (QED) is 0.765. The monoisotopic (exact) mass is 365 g/mol. The van der Waals surface area contributed by atoms with Crippen LogP contribution in [0.25, 0.3) is 11.0 Å². The first kappa shape index (κ1) is 17.5. The van der Waals surface area contributed by atoms with Gasteiger partial charge in [-0.05, 0) is 57.4 Å². The fourth-order valence-corrected chi connectivity index (χ4v) is 3.54. The van der Waals surface area contributed by atoms with Crippen molar-refractivity contribution in [3.05, 3.63) is 46.8 Å². The number of rotatable bonds is 4. The lowest BCUT2D eigenvalue weighted by Crippen LogP contribution is -2.27. The molecule has 7 nitrogen and oxygen atoms in total. The summed E-state index contributed by atoms with van der Waals surface area (Å²) in [6.45, 7) is 8.02. The lowest BCUT2D eigenvalue weighted by Gasteiger charge is -2.20. The van der Waals surface area contributed by atoms with Crippen LogP contribution in [0.15, 0.2) is 22.6 Å². The second-order valence-corrected chi connectivity index (χ2v) is 7.04. The molecule has 4 rings (SSSR count). The Kier molecular flexibility index (Phi) is 4.51. The fourth-order valence-electron chi connectivity index (χ4n) is 3.54. The van der Waals surface area contributed by atoms with Crippen LogP contribution in [0.3, 0.4) is 0 Å². The molecule has 1 aliphatic rings. The van der Waals surface area contributed by atoms with E-state index >= 15 is 0 Å². The van der Waals surface area contributed by atoms with E-state index in [-0.39, 0.29) is 11.7 Å². The maximum atomic E-state index is 12.7. The van der Waals surface area contributed by atoms with Crippen LogP contribution < -0.4 is 10.2 Å². The van der Waals surface area contributed by atoms with E-state index in [1.807, 2.05) is 39.0 Å². The summed E-state index contributed by atoms with van der Waals surface area (Å²) in [7, 11) is 0. The summed E-state index contributed by atoms with van der Waals surface area (Å²) in [6.07, 6.45) is 2.26. The van der Waals surface area contributed by atoms with Gasteiger partial charge >= 0.3 is 0 Å². The van der Waals surface area contributed by atoms with E-state index in [1.165, 1.54) is 0 Å². The summed E-state index contributed by atoms with van der Waals surface area (Å²) >= 11 is 0. The van der Waals surface area contributed by atoms with Crippen molar-refractivity contribution in [3.63, 3.8) is 0 Å². The minimum Gasteiger partial charge on any atom is -0.465 e. The number of carbonyl (C=O) groups is 1. The minimum atomic E-state index is -0.327. The highest BCUT2D eigenvalue weighted by molar-refractivity contribution is 5.96. The Balaban J connectivity index is 1.70. The highest BCUT2D eigenvalue weighted by Gasteiger charge is 2.22. The van der Waals surface area contributed by atoms with Gasteiger partial charge in [-0.2, -0.15) is 0 Å². The van der Waals surface area contributed by atoms with Crippen LogP contribution in [-0.2, 0) is 6.54 Å². The Morgan fingerprint density at radius 3 is 2.63 bits per heavy atom. The number of nitrogens with zero attached hydrogens (tertiary/aromatic N) is 4. The largest absolute Gasteiger partial charge is 0.465 e. The van der Waals surface area contributed by atoms with Crippen molar-refractivity contribution >= 4 is 22.8 Å². The van der Waals surface area contributed by atoms with E-state index in [9.17, 15) is 4.79 Å². The molecule has 27 heavy (non-hydrogen) atoms. The molecule has 1 aliphatic heterocycles. The number of pyridine rings is 1. The predicted octanol–water partition coefficient (Wildman–Crippen LogP) is 3.07. The average Bonchev–Trinajstić information content (AvgIpc) is 3.30. The number of fused-ring (bicyclic) bond motifs is 1. The molecular formula is C20H23N5O2. The van der Waals surface area contributed by atoms with Gasteiger partial charge in [-0.25, -0.2) is 15.0 Å². The van der Waals surface area contributed by atoms with Gasteiger partial charge in [-0.15, -0.1) is 0 Å². The Bertz CT molecular complexity index is 1010. The number of aromatic nitrogens is 3. The maximum absolute atomic E-state index is 12.7. The molecule has 7 heteroatoms. The third kappa shape index (κ3) is 3.49. The molecule has 0 aromatic carbocycles. The Morgan fingerprint density at radius 2 is 1.93 bits per heavy atom. The Hall–Kier alpha value is -2.96. The van der Waals surface area contributed by atoms with E-state index in [2.05, 4.69) is 25.2 Å². The van der Waals surface area contributed by atoms with E-state index in [0.717, 1.165) is 54.2 Å². The molecule has 3 aromatic rings. The number of amides is 1. The molecule has 0 aliphatic carbocycles. The average molecular weight is 365 g/mol. The van der Waals surface area contributed by atoms with Gasteiger partial charge in [0.2, 0.25) is 5.82 Å². The SMILES string of the molecule is Cc1cc(C)c2c(N3CCCC3)nc(C(=O)NCc3ccc(C)o3)nc2n1. The molecule has 1 fully saturated rings. The number of anilines is 1. The zero-order valence-corrected chi connectivity index (χ0v) is 15.9. The summed E-state index contributed by atoms with van der Waals surface area (Å²) in [4.78, 5) is 28.5. The molecule has 0 radical (unpaired) electrons. The normalized spacial score (nSPS) is 14.1. The first-order chi connectivity index (χ1) is 13.0. The minimum absolute atomic E-state index is 0.144. The third-order valence-corrected chi connectivity index (χ3v) is 4.80. The molecule has 1 amide bonds. The van der Waals surface area contributed by atoms with Crippen molar-refractivity contribution in [2.24, 2.45) is 0 Å². The van der Waals surface area contributed by atoms with Crippen LogP contribution in [0.5, 0.6) is 0 Å². The summed E-state index contributed by atoms with van der Waals surface area (Å²) in [5, 5.41) is 3.77. The molecule has 0 unspecified atom stereocenters. The fraction of sp³-hybridized carbons (Fsp3) is 0.400. The molecule has 0 atom stereocenters. The molecule has 1 N–H and O–H groups in total. The standard InChI is InChI=1S/C20H23N5O2/c1-12-10-13(2)22-17-16(12)19(25-8-4-5-9-25)24-18(23-17)20(26)21-11-15-7-6-14(3)27-15/h6-7,10H,4-5,8-9,11H2,1-3H3,(H,21,26). The molecule has 0 saturated carbocycles. The van der Waals surface area contributed by atoms with Crippen molar-refractivity contribution < 1.29 is 9.21 Å². The van der Waals surface area contributed by atoms with Gasteiger partial charge in [0.25, 0.3) is 5.91 Å². The van der Waals surface area contributed by atoms with E-state index in [0.29, 0.717) is 18.0 Å². The lowest BCUT2D eigenvalue weighted by molar-refractivity contribution is 0.0938. The van der Waals surface area contributed by atoms with Gasteiger partial charge in [-0.3, -0.25) is 4.79 Å². The zero-order chi connectivity index (χ0) is 19.0. The highest BCUT2D eigenvalue weighted by atomic mass is 16.3. The first-order valence-corrected chi connectivity index (χ1v) is 9.26. The maximum Gasteiger partial charge on any atom is 0.289 e. The molecule has 1 saturated heterocycles. The first-order valence-electron chi connectivity index (χ1n) is 9.26. The summed E-state index contributed by atoms with van der Waals surface area (Å²) in [6, 6.07) is 5.75. The number of carbonyl (C=O) groups excluding carboxylic acids is 1. The van der Waals surface area contributed by atoms with Gasteiger partial charge in [-0.1, -0.05) is 0 Å². The second kappa shape index (κ2) is 6.98. The number of aryl methyl sites for hydroxylation is 3. The Morgan fingerprint density at radius 1 is 1.15 bits per heavy atom. The molecule has 140 valence electrons. The van der Waals surface area contributed by atoms with Crippen LogP contribution in [-0.4, -0.2) is 33.9 Å². The van der Waals surface area contributed by atoms with Crippen molar-refractivity contribution in [1.82, 2.24) is 20.3 Å². The summed E-state index contributed by atoms with van der Waals surface area (Å²) in [5.74, 6) is 2.14. The van der Waals surface area contributed by atoms with Gasteiger partial charge in [0.05, 0.1) is 11.9 Å². The van der Waals surface area contributed by atoms with Crippen LogP contribution in [0.1, 0.15) is 46.2 Å². The van der Waals surface area contributed by atoms with Gasteiger partial charge in [0.15, 0.2) is 5.65 Å². The van der Waals surface area contributed by atoms with Crippen molar-refractivity contribution in [2.45, 2.75) is 40.2 Å². The summed E-state index contributed by atoms with van der Waals surface area (Å²) < 4.78 is 5.50. The summed E-state index contributed by atoms with van der Waals surface area (Å²) in [5.41, 5.74) is 2.53. The second-order valence-electron chi connectivity index (χ2n) is 7.04. The van der Waals surface area contributed by atoms with Crippen LogP contribution in [0, 0.1) is 20.8 Å². The molecule has 3 aromatic heterocycles. The van der Waals surface area contributed by atoms with Crippen LogP contribution in [0.2, 0.25) is 0 Å². The molecular weight excluding hydrogens is 342 g/mol. The lowest BCUT2D eigenvalue weighted by atomic mass is 10.1. The van der Waals surface area contributed by atoms with Crippen molar-refractivity contribution in [3.8, 4) is 0 Å². The topological polar surface area (TPSA) is 84.2 Å². The van der Waals surface area contributed by atoms with Gasteiger partial charge in [0, 0.05) is 18.8 Å². The predicted molar refractivity (Wildman–Crippen MR) is 103 cm³/mol. The van der Waals surface area contributed by atoms with E-state index in [4.69, 9.17) is 4.42 Å². The molecule has 0 bridgehead atoms. The van der Waals surface area contributed by atoms with Crippen molar-refractivity contribution in [1.29, 1.82) is 0 Å². The zero-order valence-electron chi connectivity index (χ0n) is 15.9. The number of nitrogens with one attached hydrogen (secondary N) is 1. The molecule has 0 spiro atoms. The smallest absolute Gasteiger partial charge is 0.289 e. The van der Waals surface area contributed by atoms with E-state index < -0.39 is 0 Å². The highest BCUT2D eigenvalue weighted by Crippen LogP contribution is 2.29. The van der Waals surface area contributed by atoms with Crippen LogP contribution >= 0.6 is 0 Å². The molecule has 4 heterocycles. The third-order valence-electron chi connectivity index (χ3n) is 4.80. The van der Waals surface area contributed by atoms with Gasteiger partial charge in [0.1, 0.15) is 17.3 Å². The van der Waals surface area contributed by atoms with E-state index in [1.54, 1.807) is 0 Å².